The summed E-state index contributed by atoms with van der Waals surface area (Å²) >= 11 is 0. The minimum absolute atomic E-state index is 0.301. The molecule has 140 valence electrons. The monoisotopic (exact) mass is 367 g/mol. The van der Waals surface area contributed by atoms with E-state index in [-0.39, 0.29) is 5.82 Å². The van der Waals surface area contributed by atoms with E-state index < -0.39 is 0 Å². The Hall–Kier alpha value is -2.86. The molecular formula is C21H22FN3O2. The Balaban J connectivity index is 1.83. The maximum atomic E-state index is 13.8. The predicted molar refractivity (Wildman–Crippen MR) is 103 cm³/mol. The maximum Gasteiger partial charge on any atom is 0.137 e. The van der Waals surface area contributed by atoms with Gasteiger partial charge >= 0.3 is 0 Å². The van der Waals surface area contributed by atoms with Crippen molar-refractivity contribution in [3.05, 3.63) is 59.7 Å². The van der Waals surface area contributed by atoms with Crippen molar-refractivity contribution in [2.75, 3.05) is 40.3 Å². The van der Waals surface area contributed by atoms with Crippen LogP contribution in [0, 0.1) is 5.82 Å². The van der Waals surface area contributed by atoms with Gasteiger partial charge in [-0.05, 0) is 49.5 Å². The Labute approximate surface area is 157 Å². The van der Waals surface area contributed by atoms with E-state index in [1.807, 2.05) is 35.3 Å². The van der Waals surface area contributed by atoms with Crippen LogP contribution in [0.1, 0.15) is 0 Å². The summed E-state index contributed by atoms with van der Waals surface area (Å²) in [7, 11) is 3.74. The molecular weight excluding hydrogens is 345 g/mol. The van der Waals surface area contributed by atoms with Crippen LogP contribution >= 0.6 is 0 Å². The molecule has 27 heavy (non-hydrogen) atoms. The fraction of sp³-hybridized carbons (Fsp3) is 0.286. The van der Waals surface area contributed by atoms with E-state index in [1.165, 1.54) is 12.1 Å². The number of halogens is 1. The molecule has 0 unspecified atom stereocenters. The van der Waals surface area contributed by atoms with Crippen molar-refractivity contribution in [1.82, 2.24) is 9.91 Å². The zero-order valence-electron chi connectivity index (χ0n) is 15.5. The van der Waals surface area contributed by atoms with Gasteiger partial charge in [-0.15, -0.1) is 0 Å². The van der Waals surface area contributed by atoms with Crippen LogP contribution in [-0.4, -0.2) is 50.2 Å². The normalized spacial score (nSPS) is 16.1. The molecule has 0 aliphatic carbocycles. The number of nitrogens with zero attached hydrogens (tertiary/aromatic N) is 3. The first-order valence-electron chi connectivity index (χ1n) is 8.98. The van der Waals surface area contributed by atoms with Crippen LogP contribution in [0.2, 0.25) is 0 Å². The lowest BCUT2D eigenvalue weighted by molar-refractivity contribution is 0.154. The van der Waals surface area contributed by atoms with Crippen molar-refractivity contribution >= 4 is 11.0 Å². The van der Waals surface area contributed by atoms with Gasteiger partial charge in [0.25, 0.3) is 0 Å². The van der Waals surface area contributed by atoms with Gasteiger partial charge in [-0.1, -0.05) is 0 Å². The van der Waals surface area contributed by atoms with E-state index in [1.54, 1.807) is 13.2 Å². The molecule has 0 atom stereocenters. The zero-order chi connectivity index (χ0) is 18.8. The van der Waals surface area contributed by atoms with Gasteiger partial charge in [0.05, 0.1) is 12.5 Å². The summed E-state index contributed by atoms with van der Waals surface area (Å²) in [5.41, 5.74) is 1.52. The molecule has 0 saturated carbocycles. The highest BCUT2D eigenvalue weighted by Crippen LogP contribution is 2.24. The number of benzene rings is 2. The third kappa shape index (κ3) is 3.80. The quantitative estimate of drug-likeness (QED) is 0.712. The number of hydrogen-bond acceptors (Lipinski definition) is 5. The maximum absolute atomic E-state index is 13.8. The Bertz CT molecular complexity index is 1010. The van der Waals surface area contributed by atoms with Crippen LogP contribution in [0.25, 0.3) is 22.3 Å². The molecule has 0 spiro atoms. The topological polar surface area (TPSA) is 41.2 Å². The summed E-state index contributed by atoms with van der Waals surface area (Å²) in [5, 5.41) is 8.22. The van der Waals surface area contributed by atoms with Crippen molar-refractivity contribution in [1.29, 1.82) is 0 Å². The van der Waals surface area contributed by atoms with E-state index in [2.05, 4.69) is 11.9 Å². The summed E-state index contributed by atoms with van der Waals surface area (Å²) in [6.45, 7) is 3.60. The summed E-state index contributed by atoms with van der Waals surface area (Å²) in [6, 6.07) is 14.1. The Morgan fingerprint density at radius 3 is 2.44 bits per heavy atom. The molecule has 2 aromatic carbocycles. The van der Waals surface area contributed by atoms with Crippen LogP contribution in [0.15, 0.2) is 58.0 Å². The summed E-state index contributed by atoms with van der Waals surface area (Å²) in [6.07, 6.45) is 0. The lowest BCUT2D eigenvalue weighted by Crippen LogP contribution is -2.42. The van der Waals surface area contributed by atoms with Crippen molar-refractivity contribution in [2.24, 2.45) is 5.10 Å². The van der Waals surface area contributed by atoms with E-state index >= 15 is 0 Å². The second-order valence-electron chi connectivity index (χ2n) is 6.72. The molecule has 1 aliphatic rings. The van der Waals surface area contributed by atoms with Crippen LogP contribution < -0.4 is 10.1 Å². The Morgan fingerprint density at radius 2 is 1.74 bits per heavy atom. The SMILES string of the molecule is COc1ccc(-c2c/c(=N/N3CCN(C)CC3)c3cc(F)ccc3o2)cc1. The third-order valence-corrected chi connectivity index (χ3v) is 4.81. The number of methoxy groups -OCH3 is 1. The minimum Gasteiger partial charge on any atom is -0.497 e. The molecule has 3 aromatic rings. The summed E-state index contributed by atoms with van der Waals surface area (Å²) in [5.74, 6) is 1.17. The van der Waals surface area contributed by atoms with Gasteiger partial charge in [-0.3, -0.25) is 5.01 Å². The lowest BCUT2D eigenvalue weighted by atomic mass is 10.1. The number of rotatable bonds is 3. The second-order valence-corrected chi connectivity index (χ2v) is 6.72. The average Bonchev–Trinajstić information content (AvgIpc) is 2.70. The average molecular weight is 367 g/mol. The van der Waals surface area contributed by atoms with Gasteiger partial charge in [0.2, 0.25) is 0 Å². The van der Waals surface area contributed by atoms with Gasteiger partial charge in [-0.25, -0.2) is 4.39 Å². The summed E-state index contributed by atoms with van der Waals surface area (Å²) in [4.78, 5) is 2.27. The highest BCUT2D eigenvalue weighted by atomic mass is 19.1. The van der Waals surface area contributed by atoms with E-state index in [0.717, 1.165) is 37.5 Å². The Kier molecular flexibility index (Phi) is 4.81. The number of piperazine rings is 1. The van der Waals surface area contributed by atoms with Gasteiger partial charge in [-0.2, -0.15) is 5.10 Å². The van der Waals surface area contributed by atoms with Crippen molar-refractivity contribution < 1.29 is 13.5 Å². The number of ether oxygens (including phenoxy) is 1. The fourth-order valence-electron chi connectivity index (χ4n) is 3.17. The van der Waals surface area contributed by atoms with Gasteiger partial charge < -0.3 is 14.1 Å². The van der Waals surface area contributed by atoms with Gasteiger partial charge in [0.15, 0.2) is 0 Å². The molecule has 6 heteroatoms. The molecule has 1 aliphatic heterocycles. The number of likely N-dealkylation sites (N-methyl/N-ethyl adjacent to an activating group) is 1. The third-order valence-electron chi connectivity index (χ3n) is 4.81. The molecule has 0 bridgehead atoms. The predicted octanol–water partition coefficient (Wildman–Crippen LogP) is 3.31. The van der Waals surface area contributed by atoms with Crippen LogP contribution in [0.3, 0.4) is 0 Å². The molecule has 4 rings (SSSR count). The molecule has 0 radical (unpaired) electrons. The van der Waals surface area contributed by atoms with Crippen LogP contribution in [0.4, 0.5) is 4.39 Å². The van der Waals surface area contributed by atoms with E-state index in [0.29, 0.717) is 22.1 Å². The van der Waals surface area contributed by atoms with Crippen molar-refractivity contribution in [3.63, 3.8) is 0 Å². The van der Waals surface area contributed by atoms with Crippen molar-refractivity contribution in [3.8, 4) is 17.1 Å². The molecule has 2 heterocycles. The minimum atomic E-state index is -0.301. The van der Waals surface area contributed by atoms with E-state index in [4.69, 9.17) is 14.3 Å². The second kappa shape index (κ2) is 7.40. The Morgan fingerprint density at radius 1 is 1.00 bits per heavy atom. The fourth-order valence-corrected chi connectivity index (χ4v) is 3.17. The number of fused-ring (bicyclic) bond motifs is 1. The smallest absolute Gasteiger partial charge is 0.137 e. The highest BCUT2D eigenvalue weighted by Gasteiger charge is 2.13. The standard InChI is InChI=1S/C21H22FN3O2/c1-24-9-11-25(12-10-24)23-19-14-21(15-3-6-17(26-2)7-4-15)27-20-8-5-16(22)13-18(19)20/h3-8,13-14H,9-12H2,1-2H3/b23-19-. The molecule has 0 N–H and O–H groups in total. The number of hydrogen-bond donors (Lipinski definition) is 0. The first kappa shape index (κ1) is 17.5. The van der Waals surface area contributed by atoms with Crippen molar-refractivity contribution in [2.45, 2.75) is 0 Å². The molecule has 1 fully saturated rings. The van der Waals surface area contributed by atoms with E-state index in [9.17, 15) is 4.39 Å². The largest absolute Gasteiger partial charge is 0.497 e. The molecule has 5 nitrogen and oxygen atoms in total. The molecule has 1 aromatic heterocycles. The highest BCUT2D eigenvalue weighted by molar-refractivity contribution is 5.78. The first-order chi connectivity index (χ1) is 13.1. The first-order valence-corrected chi connectivity index (χ1v) is 8.98. The zero-order valence-corrected chi connectivity index (χ0v) is 15.5. The van der Waals surface area contributed by atoms with Gasteiger partial charge in [0, 0.05) is 43.2 Å². The van der Waals surface area contributed by atoms with Gasteiger partial charge in [0.1, 0.15) is 22.9 Å². The van der Waals surface area contributed by atoms with Crippen LogP contribution in [0.5, 0.6) is 5.75 Å². The summed E-state index contributed by atoms with van der Waals surface area (Å²) < 4.78 is 25.1. The van der Waals surface area contributed by atoms with Crippen LogP contribution in [-0.2, 0) is 0 Å². The molecule has 1 saturated heterocycles. The molecule has 0 amide bonds. The lowest BCUT2D eigenvalue weighted by Gasteiger charge is -2.30.